The summed E-state index contributed by atoms with van der Waals surface area (Å²) in [7, 11) is 0. The van der Waals surface area contributed by atoms with Gasteiger partial charge in [0.05, 0.1) is 16.0 Å². The lowest BCUT2D eigenvalue weighted by Crippen LogP contribution is -2.11. The molecule has 1 heterocycles. The molecule has 0 N–H and O–H groups in total. The molecule has 1 aliphatic carbocycles. The van der Waals surface area contributed by atoms with Crippen LogP contribution in [-0.2, 0) is 11.4 Å². The smallest absolute Gasteiger partial charge is 0.314 e. The third-order valence-electron chi connectivity index (χ3n) is 4.44. The van der Waals surface area contributed by atoms with Crippen molar-refractivity contribution in [3.63, 3.8) is 0 Å². The van der Waals surface area contributed by atoms with Crippen molar-refractivity contribution in [1.29, 1.82) is 0 Å². The van der Waals surface area contributed by atoms with Crippen LogP contribution in [0.4, 0.5) is 0 Å². The number of aryl methyl sites for hydroxylation is 1. The van der Waals surface area contributed by atoms with Crippen LogP contribution >= 0.6 is 23.2 Å². The van der Waals surface area contributed by atoms with E-state index in [1.807, 2.05) is 6.07 Å². The molecule has 1 saturated carbocycles. The second kappa shape index (κ2) is 7.81. The fraction of sp³-hybridized carbons (Fsp3) is 0.250. The van der Waals surface area contributed by atoms with Crippen molar-refractivity contribution in [2.75, 3.05) is 0 Å². The number of hydrogen-bond donors (Lipinski definition) is 0. The van der Waals surface area contributed by atoms with Gasteiger partial charge in [0.1, 0.15) is 11.5 Å². The van der Waals surface area contributed by atoms with Gasteiger partial charge in [0, 0.05) is 0 Å². The Balaban J connectivity index is 1.30. The summed E-state index contributed by atoms with van der Waals surface area (Å²) < 4.78 is 16.0. The molecule has 0 bridgehead atoms. The van der Waals surface area contributed by atoms with E-state index < -0.39 is 0 Å². The molecule has 28 heavy (non-hydrogen) atoms. The van der Waals surface area contributed by atoms with Gasteiger partial charge in [0.15, 0.2) is 12.4 Å². The molecule has 0 aliphatic heterocycles. The zero-order valence-corrected chi connectivity index (χ0v) is 16.4. The highest BCUT2D eigenvalue weighted by molar-refractivity contribution is 6.42. The summed E-state index contributed by atoms with van der Waals surface area (Å²) in [4.78, 5) is 16.4. The molecule has 0 saturated heterocycles. The van der Waals surface area contributed by atoms with Gasteiger partial charge < -0.3 is 14.0 Å². The maximum absolute atomic E-state index is 12.4. The molecule has 2 aromatic carbocycles. The van der Waals surface area contributed by atoms with E-state index in [0.29, 0.717) is 33.3 Å². The van der Waals surface area contributed by atoms with Gasteiger partial charge in [-0.2, -0.15) is 4.98 Å². The van der Waals surface area contributed by atoms with Crippen LogP contribution in [0.2, 0.25) is 10.0 Å². The number of nitrogens with zero attached hydrogens (tertiary/aromatic N) is 2. The maximum Gasteiger partial charge on any atom is 0.314 e. The van der Waals surface area contributed by atoms with Gasteiger partial charge in [-0.3, -0.25) is 4.79 Å². The molecule has 0 spiro atoms. The van der Waals surface area contributed by atoms with Gasteiger partial charge in [0.25, 0.3) is 5.89 Å². The van der Waals surface area contributed by atoms with Crippen LogP contribution in [0, 0.1) is 12.8 Å². The third kappa shape index (κ3) is 4.29. The average Bonchev–Trinajstić information content (AvgIpc) is 3.38. The Kier molecular flexibility index (Phi) is 5.24. The zero-order valence-electron chi connectivity index (χ0n) is 14.9. The van der Waals surface area contributed by atoms with E-state index in [0.717, 1.165) is 12.0 Å². The monoisotopic (exact) mass is 418 g/mol. The molecule has 0 radical (unpaired) electrons. The highest BCUT2D eigenvalue weighted by Crippen LogP contribution is 2.49. The summed E-state index contributed by atoms with van der Waals surface area (Å²) in [5, 5.41) is 4.69. The second-order valence-electron chi connectivity index (χ2n) is 6.54. The van der Waals surface area contributed by atoms with Crippen molar-refractivity contribution in [2.45, 2.75) is 25.9 Å². The van der Waals surface area contributed by atoms with Crippen molar-refractivity contribution in [3.8, 4) is 11.5 Å². The molecule has 1 aliphatic rings. The third-order valence-corrected chi connectivity index (χ3v) is 5.18. The van der Waals surface area contributed by atoms with Crippen LogP contribution in [0.3, 0.4) is 0 Å². The van der Waals surface area contributed by atoms with Crippen molar-refractivity contribution in [1.82, 2.24) is 10.1 Å². The minimum absolute atomic E-state index is 0.114. The highest BCUT2D eigenvalue weighted by atomic mass is 35.5. The first-order valence-electron chi connectivity index (χ1n) is 8.68. The van der Waals surface area contributed by atoms with Gasteiger partial charge >= 0.3 is 5.97 Å². The molecule has 1 fully saturated rings. The van der Waals surface area contributed by atoms with E-state index >= 15 is 0 Å². The predicted molar refractivity (Wildman–Crippen MR) is 103 cm³/mol. The van der Waals surface area contributed by atoms with E-state index in [4.69, 9.17) is 37.2 Å². The lowest BCUT2D eigenvalue weighted by Gasteiger charge is -2.07. The SMILES string of the molecule is Cc1noc(COc2ccc(OC(=O)C3CC3c3ccc(Cl)c(Cl)c3)cc2)n1. The van der Waals surface area contributed by atoms with Gasteiger partial charge in [-0.25, -0.2) is 0 Å². The summed E-state index contributed by atoms with van der Waals surface area (Å²) in [5.41, 5.74) is 0.997. The van der Waals surface area contributed by atoms with Crippen LogP contribution in [0.1, 0.15) is 29.6 Å². The molecule has 8 heteroatoms. The Bertz CT molecular complexity index is 1000. The largest absolute Gasteiger partial charge is 0.484 e. The zero-order chi connectivity index (χ0) is 19.7. The van der Waals surface area contributed by atoms with E-state index in [1.54, 1.807) is 43.3 Å². The molecule has 6 nitrogen and oxygen atoms in total. The molecule has 0 amide bonds. The number of carbonyl (C=O) groups excluding carboxylic acids is 1. The van der Waals surface area contributed by atoms with Crippen LogP contribution in [0.5, 0.6) is 11.5 Å². The summed E-state index contributed by atoms with van der Waals surface area (Å²) in [6, 6.07) is 12.2. The van der Waals surface area contributed by atoms with Gasteiger partial charge in [-0.05, 0) is 61.2 Å². The maximum atomic E-state index is 12.4. The van der Waals surface area contributed by atoms with E-state index in [9.17, 15) is 4.79 Å². The van der Waals surface area contributed by atoms with E-state index in [1.165, 1.54) is 0 Å². The topological polar surface area (TPSA) is 74.5 Å². The molecule has 1 aromatic heterocycles. The standard InChI is InChI=1S/C20H16Cl2N2O4/c1-11-23-19(28-24-11)10-26-13-3-5-14(6-4-13)27-20(25)16-9-15(16)12-2-7-17(21)18(22)8-12/h2-8,15-16H,9-10H2,1H3. The fourth-order valence-corrected chi connectivity index (χ4v) is 3.21. The number of carbonyl (C=O) groups is 1. The number of rotatable bonds is 6. The number of hydrogen-bond acceptors (Lipinski definition) is 6. The average molecular weight is 419 g/mol. The lowest BCUT2D eigenvalue weighted by atomic mass is 10.1. The minimum Gasteiger partial charge on any atom is -0.484 e. The van der Waals surface area contributed by atoms with Crippen molar-refractivity contribution in [2.24, 2.45) is 5.92 Å². The molecule has 3 aromatic rings. The lowest BCUT2D eigenvalue weighted by molar-refractivity contribution is -0.135. The Morgan fingerprint density at radius 3 is 2.57 bits per heavy atom. The number of benzene rings is 2. The van der Waals surface area contributed by atoms with Gasteiger partial charge in [0.2, 0.25) is 0 Å². The number of halogens is 2. The molecule has 4 rings (SSSR count). The van der Waals surface area contributed by atoms with Crippen LogP contribution < -0.4 is 9.47 Å². The molecule has 2 unspecified atom stereocenters. The number of ether oxygens (including phenoxy) is 2. The fourth-order valence-electron chi connectivity index (χ4n) is 2.91. The quantitative estimate of drug-likeness (QED) is 0.415. The predicted octanol–water partition coefficient (Wildman–Crippen LogP) is 4.97. The Labute approximate surface area is 171 Å². The van der Waals surface area contributed by atoms with Crippen molar-refractivity contribution < 1.29 is 18.8 Å². The Morgan fingerprint density at radius 2 is 1.89 bits per heavy atom. The second-order valence-corrected chi connectivity index (χ2v) is 7.35. The Morgan fingerprint density at radius 1 is 1.14 bits per heavy atom. The van der Waals surface area contributed by atoms with Gasteiger partial charge in [-0.15, -0.1) is 0 Å². The van der Waals surface area contributed by atoms with Gasteiger partial charge in [-0.1, -0.05) is 34.4 Å². The summed E-state index contributed by atoms with van der Waals surface area (Å²) in [6.45, 7) is 1.91. The van der Waals surface area contributed by atoms with E-state index in [2.05, 4.69) is 10.1 Å². The summed E-state index contributed by atoms with van der Waals surface area (Å²) >= 11 is 12.0. The molecular formula is C20H16Cl2N2O4. The van der Waals surface area contributed by atoms with Crippen molar-refractivity contribution in [3.05, 3.63) is 69.8 Å². The summed E-state index contributed by atoms with van der Waals surface area (Å²) in [6.07, 6.45) is 0.738. The van der Waals surface area contributed by atoms with Crippen molar-refractivity contribution >= 4 is 29.2 Å². The minimum atomic E-state index is -0.258. The summed E-state index contributed by atoms with van der Waals surface area (Å²) in [5.74, 6) is 1.71. The first-order chi connectivity index (χ1) is 13.5. The first kappa shape index (κ1) is 18.8. The Hall–Kier alpha value is -2.57. The molecule has 144 valence electrons. The first-order valence-corrected chi connectivity index (χ1v) is 9.44. The van der Waals surface area contributed by atoms with Crippen LogP contribution in [0.25, 0.3) is 0 Å². The van der Waals surface area contributed by atoms with E-state index in [-0.39, 0.29) is 24.4 Å². The molecule has 2 atom stereocenters. The number of esters is 1. The number of aromatic nitrogens is 2. The highest BCUT2D eigenvalue weighted by Gasteiger charge is 2.45. The van der Waals surface area contributed by atoms with Crippen LogP contribution in [-0.4, -0.2) is 16.1 Å². The normalized spacial score (nSPS) is 18.0. The molecular weight excluding hydrogens is 403 g/mol. The van der Waals surface area contributed by atoms with Crippen LogP contribution in [0.15, 0.2) is 47.0 Å².